The monoisotopic (exact) mass is 588 g/mol. The lowest BCUT2D eigenvalue weighted by Gasteiger charge is -2.21. The van der Waals surface area contributed by atoms with E-state index in [-0.39, 0.29) is 0 Å². The van der Waals surface area contributed by atoms with Crippen molar-refractivity contribution in [2.45, 2.75) is 13.0 Å². The van der Waals surface area contributed by atoms with Gasteiger partial charge in [-0.3, -0.25) is 60.7 Å². The summed E-state index contributed by atoms with van der Waals surface area (Å²) in [6.07, 6.45) is 0. The number of carbonyl (C=O) groups excluding carboxylic acids is 9. The second-order valence-electron chi connectivity index (χ2n) is 5.44. The van der Waals surface area contributed by atoms with E-state index in [0.29, 0.717) is 0 Å². The number of nitrogens with one attached hydrogen (secondary N) is 6. The average molecular weight is 591 g/mol. The molecule has 0 unspecified atom stereocenters. The molecule has 0 bridgehead atoms. The van der Waals surface area contributed by atoms with Crippen molar-refractivity contribution < 1.29 is 43.2 Å². The highest BCUT2D eigenvalue weighted by atomic mass is 35.5. The quantitative estimate of drug-likeness (QED) is 0.143. The van der Waals surface area contributed by atoms with Gasteiger partial charge < -0.3 is 0 Å². The van der Waals surface area contributed by atoms with Crippen LogP contribution in [-0.4, -0.2) is 66.5 Å². The number of amides is 12. The Balaban J connectivity index is 0.000000247. The largest absolute Gasteiger partial charge is 0.328 e. The molecule has 3 saturated heterocycles. The van der Waals surface area contributed by atoms with Crippen molar-refractivity contribution in [1.29, 1.82) is 0 Å². The lowest BCUT2D eigenvalue weighted by molar-refractivity contribution is -0.132. The Hall–Kier alpha value is -2.43. The first-order valence-electron chi connectivity index (χ1n) is 7.47. The predicted octanol–water partition coefficient (Wildman–Crippen LogP) is -1.42. The molecule has 0 aromatic heterocycles. The number of imide groups is 6. The van der Waals surface area contributed by atoms with Gasteiger partial charge in [-0.2, -0.15) is 0 Å². The molecule has 6 N–H and O–H groups in total. The maximum atomic E-state index is 10.7. The summed E-state index contributed by atoms with van der Waals surface area (Å²) in [7, 11) is 0. The fraction of sp³-hybridized carbons (Fsp3) is 0.250. The van der Waals surface area contributed by atoms with Crippen molar-refractivity contribution in [3.05, 3.63) is 0 Å². The van der Waals surface area contributed by atoms with Crippen LogP contribution in [0.5, 0.6) is 0 Å². The number of halogens is 6. The number of alkyl halides is 6. The van der Waals surface area contributed by atoms with Crippen molar-refractivity contribution in [2.24, 2.45) is 0 Å². The van der Waals surface area contributed by atoms with Crippen LogP contribution in [0.3, 0.4) is 0 Å². The summed E-state index contributed by atoms with van der Waals surface area (Å²) in [5.41, 5.74) is 0. The molecule has 33 heavy (non-hydrogen) atoms. The average Bonchev–Trinajstić information content (AvgIpc) is 2.65. The first kappa shape index (κ1) is 28.6. The van der Waals surface area contributed by atoms with Crippen LogP contribution in [0.2, 0.25) is 0 Å². The lowest BCUT2D eigenvalue weighted by Crippen LogP contribution is -2.61. The van der Waals surface area contributed by atoms with Crippen LogP contribution in [0, 0.1) is 0 Å². The fourth-order valence-corrected chi connectivity index (χ4v) is 2.06. The highest BCUT2D eigenvalue weighted by Crippen LogP contribution is 2.24. The van der Waals surface area contributed by atoms with E-state index in [1.807, 2.05) is 0 Å². The Labute approximate surface area is 210 Å². The molecule has 3 fully saturated rings. The molecular weight excluding hydrogens is 585 g/mol. The van der Waals surface area contributed by atoms with E-state index < -0.39 is 66.5 Å². The van der Waals surface area contributed by atoms with Crippen molar-refractivity contribution in [2.75, 3.05) is 0 Å². The van der Waals surface area contributed by atoms with Crippen molar-refractivity contribution in [1.82, 2.24) is 31.9 Å². The zero-order valence-corrected chi connectivity index (χ0v) is 19.5. The molecule has 0 spiro atoms. The third-order valence-electron chi connectivity index (χ3n) is 3.07. The highest BCUT2D eigenvalue weighted by Gasteiger charge is 2.49. The Morgan fingerprint density at radius 1 is 0.333 bits per heavy atom. The number of hydrogen-bond donors (Lipinski definition) is 6. The van der Waals surface area contributed by atoms with Crippen LogP contribution in [-0.2, 0) is 28.8 Å². The summed E-state index contributed by atoms with van der Waals surface area (Å²) in [4.78, 5) is 95.3. The molecule has 12 amide bonds. The van der Waals surface area contributed by atoms with Crippen LogP contribution in [0.15, 0.2) is 0 Å². The number of rotatable bonds is 0. The minimum atomic E-state index is -2.20. The molecule has 0 aromatic rings. The minimum absolute atomic E-state index is 0.920. The van der Waals surface area contributed by atoms with Gasteiger partial charge in [-0.1, -0.05) is 69.6 Å². The van der Waals surface area contributed by atoms with Crippen LogP contribution in [0.4, 0.5) is 14.4 Å². The SMILES string of the molecule is O=C1NC(=O)C(Cl)(Cl)C(=O)N1.O=C1NC(=O)C(Cl)(Cl)C(=O)N1.O=C1NC(=O)C(Cl)(Cl)C(=O)N1. The number of hydrogen-bond acceptors (Lipinski definition) is 9. The first-order chi connectivity index (χ1) is 14.8. The fourth-order valence-electron chi connectivity index (χ4n) is 1.49. The van der Waals surface area contributed by atoms with Crippen LogP contribution in [0.25, 0.3) is 0 Å². The zero-order chi connectivity index (χ0) is 25.9. The molecule has 0 aliphatic carbocycles. The summed E-state index contributed by atoms with van der Waals surface area (Å²) in [5, 5.41) is 10.4. The van der Waals surface area contributed by atoms with Crippen molar-refractivity contribution in [3.8, 4) is 0 Å². The van der Waals surface area contributed by atoms with Gasteiger partial charge >= 0.3 is 18.1 Å². The van der Waals surface area contributed by atoms with E-state index >= 15 is 0 Å². The molecule has 3 aliphatic heterocycles. The van der Waals surface area contributed by atoms with Crippen LogP contribution in [0.1, 0.15) is 0 Å². The maximum Gasteiger partial charge on any atom is 0.328 e. The van der Waals surface area contributed by atoms with Gasteiger partial charge in [-0.05, 0) is 0 Å². The Morgan fingerprint density at radius 3 is 0.576 bits per heavy atom. The van der Waals surface area contributed by atoms with Gasteiger partial charge in [0.15, 0.2) is 0 Å². The molecule has 3 rings (SSSR count). The van der Waals surface area contributed by atoms with E-state index in [1.54, 1.807) is 31.9 Å². The number of barbiturate groups is 3. The summed E-state index contributed by atoms with van der Waals surface area (Å²) < 4.78 is -6.60. The molecule has 0 saturated carbocycles. The third kappa shape index (κ3) is 6.78. The van der Waals surface area contributed by atoms with Gasteiger partial charge in [0.2, 0.25) is 0 Å². The maximum absolute atomic E-state index is 10.7. The van der Waals surface area contributed by atoms with Crippen LogP contribution < -0.4 is 31.9 Å². The minimum Gasteiger partial charge on any atom is -0.275 e. The van der Waals surface area contributed by atoms with Crippen LogP contribution >= 0.6 is 69.6 Å². The van der Waals surface area contributed by atoms with E-state index in [4.69, 9.17) is 69.6 Å². The smallest absolute Gasteiger partial charge is 0.275 e. The Morgan fingerprint density at radius 2 is 0.455 bits per heavy atom. The summed E-state index contributed by atoms with van der Waals surface area (Å²) in [6.45, 7) is 0. The van der Waals surface area contributed by atoms with E-state index in [1.165, 1.54) is 0 Å². The van der Waals surface area contributed by atoms with Gasteiger partial charge in [-0.25, -0.2) is 14.4 Å². The third-order valence-corrected chi connectivity index (χ3v) is 5.13. The Bertz CT molecular complexity index is 807. The normalized spacial score (nSPS) is 22.5. The molecule has 180 valence electrons. The van der Waals surface area contributed by atoms with Crippen molar-refractivity contribution >= 4 is 123 Å². The molecular formula is C12H6Cl6N6O9. The number of urea groups is 3. The topological polar surface area (TPSA) is 226 Å². The van der Waals surface area contributed by atoms with E-state index in [2.05, 4.69) is 0 Å². The number of carbonyl (C=O) groups is 9. The zero-order valence-electron chi connectivity index (χ0n) is 14.9. The molecule has 0 aromatic carbocycles. The van der Waals surface area contributed by atoms with Gasteiger partial charge in [0, 0.05) is 0 Å². The summed E-state index contributed by atoms with van der Waals surface area (Å²) >= 11 is 31.4. The molecule has 0 atom stereocenters. The second kappa shape index (κ2) is 10.2. The summed E-state index contributed by atoms with van der Waals surface area (Å²) in [6, 6.07) is -2.76. The molecule has 0 radical (unpaired) electrons. The summed E-state index contributed by atoms with van der Waals surface area (Å²) in [5.74, 6) is -6.20. The van der Waals surface area contributed by atoms with Gasteiger partial charge in [0.05, 0.1) is 0 Å². The standard InChI is InChI=1S/3C4H2Cl2N2O3/c3*5-4(6)1(9)7-3(11)8-2(4)10/h3*(H2,7,8,9,10,11). The second-order valence-corrected chi connectivity index (χ2v) is 9.42. The predicted molar refractivity (Wildman–Crippen MR) is 108 cm³/mol. The van der Waals surface area contributed by atoms with Gasteiger partial charge in [0.1, 0.15) is 0 Å². The van der Waals surface area contributed by atoms with Gasteiger partial charge in [0.25, 0.3) is 48.4 Å². The first-order valence-corrected chi connectivity index (χ1v) is 9.74. The Kier molecular flexibility index (Phi) is 8.87. The van der Waals surface area contributed by atoms with Crippen molar-refractivity contribution in [3.63, 3.8) is 0 Å². The lowest BCUT2D eigenvalue weighted by atomic mass is 10.3. The highest BCUT2D eigenvalue weighted by molar-refractivity contribution is 6.70. The molecule has 3 heterocycles. The van der Waals surface area contributed by atoms with E-state index in [9.17, 15) is 43.2 Å². The molecule has 15 nitrogen and oxygen atoms in total. The molecule has 21 heteroatoms. The molecule has 3 aliphatic rings. The van der Waals surface area contributed by atoms with Gasteiger partial charge in [-0.15, -0.1) is 0 Å². The van der Waals surface area contributed by atoms with E-state index in [0.717, 1.165) is 0 Å².